The first-order valence-corrected chi connectivity index (χ1v) is 13.7. The molecule has 7 heteroatoms. The van der Waals surface area contributed by atoms with E-state index in [1.54, 1.807) is 0 Å². The zero-order valence-corrected chi connectivity index (χ0v) is 22.0. The summed E-state index contributed by atoms with van der Waals surface area (Å²) in [6, 6.07) is 5.88. The molecule has 2 aliphatic carbocycles. The lowest BCUT2D eigenvalue weighted by Crippen LogP contribution is -2.48. The Morgan fingerprint density at radius 3 is 2.63 bits per heavy atom. The molecule has 0 spiro atoms. The van der Waals surface area contributed by atoms with Crippen LogP contribution < -0.4 is 4.74 Å². The average molecular weight is 500 g/mol. The topological polar surface area (TPSA) is 56.6 Å². The molecule has 3 aliphatic rings. The first-order chi connectivity index (χ1) is 16.9. The van der Waals surface area contributed by atoms with Gasteiger partial charge < -0.3 is 14.4 Å². The molecule has 0 radical (unpaired) electrons. The number of fused-ring (bicyclic) bond motifs is 1. The molecule has 1 aromatic heterocycles. The second-order valence-electron chi connectivity index (χ2n) is 10.7. The molecule has 1 aliphatic heterocycles. The number of halogens is 1. The first-order valence-electron chi connectivity index (χ1n) is 13.3. The highest BCUT2D eigenvalue weighted by molar-refractivity contribution is 6.31. The predicted octanol–water partition coefficient (Wildman–Crippen LogP) is 5.61. The molecule has 6 nitrogen and oxygen atoms in total. The number of nitrogens with zero attached hydrogens (tertiary/aromatic N) is 3. The number of aryl methyl sites for hydroxylation is 1. The molecule has 0 bridgehead atoms. The van der Waals surface area contributed by atoms with E-state index in [4.69, 9.17) is 26.2 Å². The fourth-order valence-corrected chi connectivity index (χ4v) is 6.26. The first kappa shape index (κ1) is 24.6. The summed E-state index contributed by atoms with van der Waals surface area (Å²) < 4.78 is 14.3. The minimum atomic E-state index is 0.0692. The number of amides is 1. The van der Waals surface area contributed by atoms with Crippen LogP contribution in [0.2, 0.25) is 5.02 Å². The molecule has 35 heavy (non-hydrogen) atoms. The second kappa shape index (κ2) is 10.5. The Morgan fingerprint density at radius 1 is 1.14 bits per heavy atom. The van der Waals surface area contributed by atoms with Gasteiger partial charge in [0.25, 0.3) is 5.91 Å². The Hall–Kier alpha value is -2.05. The van der Waals surface area contributed by atoms with E-state index in [0.29, 0.717) is 24.7 Å². The summed E-state index contributed by atoms with van der Waals surface area (Å²) in [5, 5.41) is 5.64. The van der Waals surface area contributed by atoms with Crippen molar-refractivity contribution in [1.29, 1.82) is 0 Å². The highest BCUT2D eigenvalue weighted by atomic mass is 35.5. The van der Waals surface area contributed by atoms with E-state index in [9.17, 15) is 4.79 Å². The van der Waals surface area contributed by atoms with Crippen LogP contribution in [0.5, 0.6) is 5.75 Å². The quantitative estimate of drug-likeness (QED) is 0.518. The van der Waals surface area contributed by atoms with Crippen LogP contribution >= 0.6 is 11.6 Å². The monoisotopic (exact) mass is 499 g/mol. The van der Waals surface area contributed by atoms with Crippen molar-refractivity contribution in [2.45, 2.75) is 97.0 Å². The summed E-state index contributed by atoms with van der Waals surface area (Å²) in [6.45, 7) is 8.28. The van der Waals surface area contributed by atoms with Crippen molar-refractivity contribution in [1.82, 2.24) is 14.7 Å². The van der Waals surface area contributed by atoms with E-state index >= 15 is 0 Å². The van der Waals surface area contributed by atoms with Gasteiger partial charge in [-0.2, -0.15) is 5.10 Å². The minimum Gasteiger partial charge on any atom is -0.490 e. The average Bonchev–Trinajstić information content (AvgIpc) is 3.44. The van der Waals surface area contributed by atoms with Gasteiger partial charge in [-0.25, -0.2) is 0 Å². The SMILES string of the molecule is Cc1c(Cl)cccc1O[C@H]1CC[C@H](CCn2nc(C(=O)N3C[C@@H](C)O[C@@H](C)C3)c3c2CCC3)CC1. The van der Waals surface area contributed by atoms with Gasteiger partial charge in [-0.15, -0.1) is 0 Å². The molecule has 1 amide bonds. The van der Waals surface area contributed by atoms with Gasteiger partial charge in [-0.05, 0) is 90.2 Å². The van der Waals surface area contributed by atoms with Crippen molar-refractivity contribution in [3.8, 4) is 5.75 Å². The summed E-state index contributed by atoms with van der Waals surface area (Å²) in [4.78, 5) is 15.3. The van der Waals surface area contributed by atoms with Crippen LogP contribution in [-0.2, 0) is 24.1 Å². The van der Waals surface area contributed by atoms with Crippen molar-refractivity contribution in [2.24, 2.45) is 5.92 Å². The molecule has 190 valence electrons. The van der Waals surface area contributed by atoms with Crippen LogP contribution in [0, 0.1) is 12.8 Å². The smallest absolute Gasteiger partial charge is 0.274 e. The third-order valence-corrected chi connectivity index (χ3v) is 8.38. The van der Waals surface area contributed by atoms with Gasteiger partial charge in [-0.1, -0.05) is 17.7 Å². The minimum absolute atomic E-state index is 0.0692. The summed E-state index contributed by atoms with van der Waals surface area (Å²) in [6.07, 6.45) is 9.12. The number of carbonyl (C=O) groups excluding carboxylic acids is 1. The van der Waals surface area contributed by atoms with Crippen molar-refractivity contribution in [3.63, 3.8) is 0 Å². The van der Waals surface area contributed by atoms with E-state index in [1.807, 2.05) is 43.9 Å². The number of aromatic nitrogens is 2. The van der Waals surface area contributed by atoms with Crippen LogP contribution in [0.4, 0.5) is 0 Å². The summed E-state index contributed by atoms with van der Waals surface area (Å²) >= 11 is 6.25. The van der Waals surface area contributed by atoms with Gasteiger partial charge in [-0.3, -0.25) is 9.48 Å². The molecule has 2 atom stereocenters. The third kappa shape index (κ3) is 5.39. The third-order valence-electron chi connectivity index (χ3n) is 7.97. The highest BCUT2D eigenvalue weighted by Gasteiger charge is 2.33. The zero-order chi connectivity index (χ0) is 24.5. The molecule has 5 rings (SSSR count). The number of hydrogen-bond donors (Lipinski definition) is 0. The normalized spacial score (nSPS) is 26.6. The lowest BCUT2D eigenvalue weighted by molar-refractivity contribution is -0.0587. The molecule has 1 saturated heterocycles. The van der Waals surface area contributed by atoms with Crippen LogP contribution in [0.25, 0.3) is 0 Å². The summed E-state index contributed by atoms with van der Waals surface area (Å²) in [7, 11) is 0. The highest BCUT2D eigenvalue weighted by Crippen LogP contribution is 2.33. The Kier molecular flexibility index (Phi) is 7.40. The molecule has 0 N–H and O–H groups in total. The van der Waals surface area contributed by atoms with E-state index in [-0.39, 0.29) is 24.2 Å². The Morgan fingerprint density at radius 2 is 1.89 bits per heavy atom. The number of ether oxygens (including phenoxy) is 2. The van der Waals surface area contributed by atoms with Gasteiger partial charge in [0.1, 0.15) is 5.75 Å². The molecule has 2 aromatic rings. The maximum absolute atomic E-state index is 13.4. The number of rotatable bonds is 6. The van der Waals surface area contributed by atoms with E-state index in [2.05, 4.69) is 4.68 Å². The fourth-order valence-electron chi connectivity index (χ4n) is 6.10. The van der Waals surface area contributed by atoms with Crippen LogP contribution in [0.1, 0.15) is 79.7 Å². The summed E-state index contributed by atoms with van der Waals surface area (Å²) in [5.74, 6) is 1.67. The Balaban J connectivity index is 1.17. The van der Waals surface area contributed by atoms with Crippen molar-refractivity contribution >= 4 is 17.5 Å². The number of benzene rings is 1. The largest absolute Gasteiger partial charge is 0.490 e. The van der Waals surface area contributed by atoms with Crippen LogP contribution in [-0.4, -0.2) is 52.0 Å². The maximum Gasteiger partial charge on any atom is 0.274 e. The number of morpholine rings is 1. The lowest BCUT2D eigenvalue weighted by atomic mass is 9.85. The number of carbonyl (C=O) groups is 1. The standard InChI is InChI=1S/C28H38ClN3O3/c1-18-16-31(17-19(2)34-18)28(33)27-23-6-4-8-25(23)32(30-27)15-14-21-10-12-22(13-11-21)35-26-9-5-7-24(29)20(26)3/h5,7,9,18-19,21-22H,4,6,8,10-17H2,1-3H3/t18-,19+,21-,22-. The zero-order valence-electron chi connectivity index (χ0n) is 21.3. The molecular weight excluding hydrogens is 462 g/mol. The van der Waals surface area contributed by atoms with E-state index in [0.717, 1.165) is 61.4 Å². The van der Waals surface area contributed by atoms with Crippen molar-refractivity contribution in [2.75, 3.05) is 13.1 Å². The lowest BCUT2D eigenvalue weighted by Gasteiger charge is -2.35. The predicted molar refractivity (Wildman–Crippen MR) is 137 cm³/mol. The van der Waals surface area contributed by atoms with Crippen LogP contribution in [0.15, 0.2) is 18.2 Å². The van der Waals surface area contributed by atoms with E-state index in [1.165, 1.54) is 24.1 Å². The number of hydrogen-bond acceptors (Lipinski definition) is 4. The van der Waals surface area contributed by atoms with Crippen LogP contribution in [0.3, 0.4) is 0 Å². The van der Waals surface area contributed by atoms with Gasteiger partial charge in [0, 0.05) is 41.5 Å². The molecular formula is C28H38ClN3O3. The van der Waals surface area contributed by atoms with E-state index < -0.39 is 0 Å². The Labute approximate surface area is 213 Å². The van der Waals surface area contributed by atoms with Gasteiger partial charge in [0.05, 0.1) is 18.3 Å². The van der Waals surface area contributed by atoms with Crippen molar-refractivity contribution < 1.29 is 14.3 Å². The fraction of sp³-hybridized carbons (Fsp3) is 0.643. The molecule has 2 heterocycles. The molecule has 0 unspecified atom stereocenters. The van der Waals surface area contributed by atoms with Gasteiger partial charge in [0.2, 0.25) is 0 Å². The summed E-state index contributed by atoms with van der Waals surface area (Å²) in [5.41, 5.74) is 4.19. The van der Waals surface area contributed by atoms with Crippen molar-refractivity contribution in [3.05, 3.63) is 45.7 Å². The maximum atomic E-state index is 13.4. The molecule has 1 aromatic carbocycles. The van der Waals surface area contributed by atoms with Gasteiger partial charge >= 0.3 is 0 Å². The van der Waals surface area contributed by atoms with Gasteiger partial charge in [0.15, 0.2) is 5.69 Å². The second-order valence-corrected chi connectivity index (χ2v) is 11.1. The Bertz CT molecular complexity index is 1050. The molecule has 1 saturated carbocycles. The molecule has 2 fully saturated rings.